The zero-order chi connectivity index (χ0) is 28.2. The fraction of sp³-hybridized carbons (Fsp3) is 0.556. The smallest absolute Gasteiger partial charge is 0.350 e. The number of hydrogen-bond acceptors (Lipinski definition) is 8. The van der Waals surface area contributed by atoms with Crippen LogP contribution in [0.5, 0.6) is 11.5 Å². The number of hydrogen-bond donors (Lipinski definition) is 0. The van der Waals surface area contributed by atoms with Gasteiger partial charge in [-0.25, -0.2) is 18.6 Å². The summed E-state index contributed by atoms with van der Waals surface area (Å²) < 4.78 is 41.2. The standard InChI is InChI=1S/C27H33F2N7O3/c1-15-13-35(16(2)12-34(15)17(3)18-7-8-19-20(11-18)39-27(4,5)38-19)24-23-25(33(6)26(37)32-24)36(14-21(28)29)22(31-23)9-10-30/h7-8,11,15-17,21H,9,12-14H2,1-6H3/t15-,16+,17?/m1/s1. The first-order chi connectivity index (χ1) is 18.4. The minimum atomic E-state index is -2.67. The Balaban J connectivity index is 1.47. The van der Waals surface area contributed by atoms with Crippen LogP contribution in [-0.2, 0) is 20.0 Å². The molecule has 3 atom stereocenters. The SMILES string of the molecule is CC(c1ccc2c(c1)OC(C)(C)O2)N1C[C@H](C)N(c2nc(=O)n(C)c3c2nc(CC#N)n3CC(F)F)C[C@H]1C. The monoisotopic (exact) mass is 541 g/mol. The quantitative estimate of drug-likeness (QED) is 0.466. The highest BCUT2D eigenvalue weighted by molar-refractivity contribution is 5.85. The Kier molecular flexibility index (Phi) is 6.74. The highest BCUT2D eigenvalue weighted by Gasteiger charge is 2.37. The summed E-state index contributed by atoms with van der Waals surface area (Å²) in [6.45, 7) is 10.6. The fourth-order valence-electron chi connectivity index (χ4n) is 5.70. The second-order valence-corrected chi connectivity index (χ2v) is 10.8. The molecule has 208 valence electrons. The Morgan fingerprint density at radius 3 is 2.56 bits per heavy atom. The van der Waals surface area contributed by atoms with Gasteiger partial charge in [-0.1, -0.05) is 6.07 Å². The van der Waals surface area contributed by atoms with Gasteiger partial charge in [0.15, 0.2) is 17.3 Å². The summed E-state index contributed by atoms with van der Waals surface area (Å²) in [5.74, 6) is 1.30. The molecule has 2 aromatic heterocycles. The molecular weight excluding hydrogens is 508 g/mol. The van der Waals surface area contributed by atoms with Gasteiger partial charge in [0.05, 0.1) is 19.0 Å². The fourth-order valence-corrected chi connectivity index (χ4v) is 5.70. The van der Waals surface area contributed by atoms with E-state index in [1.54, 1.807) is 0 Å². The number of aryl methyl sites for hydroxylation is 1. The highest BCUT2D eigenvalue weighted by Crippen LogP contribution is 2.42. The van der Waals surface area contributed by atoms with E-state index in [2.05, 4.69) is 34.8 Å². The number of anilines is 1. The molecule has 39 heavy (non-hydrogen) atoms. The average molecular weight is 542 g/mol. The van der Waals surface area contributed by atoms with E-state index in [0.29, 0.717) is 24.4 Å². The third-order valence-electron chi connectivity index (χ3n) is 7.56. The minimum Gasteiger partial charge on any atom is -0.449 e. The van der Waals surface area contributed by atoms with Gasteiger partial charge in [-0.3, -0.25) is 9.47 Å². The van der Waals surface area contributed by atoms with Crippen molar-refractivity contribution in [1.82, 2.24) is 24.0 Å². The summed E-state index contributed by atoms with van der Waals surface area (Å²) in [4.78, 5) is 26.2. The number of aromatic nitrogens is 4. The summed E-state index contributed by atoms with van der Waals surface area (Å²) in [7, 11) is 1.49. The van der Waals surface area contributed by atoms with Gasteiger partial charge >= 0.3 is 5.69 Å². The van der Waals surface area contributed by atoms with Crippen molar-refractivity contribution in [2.24, 2.45) is 7.05 Å². The summed E-state index contributed by atoms with van der Waals surface area (Å²) in [6.07, 6.45) is -2.82. The molecule has 0 aliphatic carbocycles. The number of benzene rings is 1. The van der Waals surface area contributed by atoms with Gasteiger partial charge in [-0.05, 0) is 38.5 Å². The Hall–Kier alpha value is -3.72. The number of rotatable bonds is 6. The van der Waals surface area contributed by atoms with Crippen LogP contribution in [0.1, 0.15) is 52.0 Å². The van der Waals surface area contributed by atoms with Crippen LogP contribution in [0.25, 0.3) is 11.2 Å². The number of fused-ring (bicyclic) bond motifs is 2. The molecule has 4 heterocycles. The third-order valence-corrected chi connectivity index (χ3v) is 7.56. The van der Waals surface area contributed by atoms with Crippen molar-refractivity contribution in [2.75, 3.05) is 18.0 Å². The molecule has 5 rings (SSSR count). The van der Waals surface area contributed by atoms with E-state index in [4.69, 9.17) is 9.47 Å². The number of imidazole rings is 1. The van der Waals surface area contributed by atoms with Gasteiger partial charge in [0.25, 0.3) is 6.43 Å². The number of alkyl halides is 2. The van der Waals surface area contributed by atoms with Crippen LogP contribution in [0.15, 0.2) is 23.0 Å². The normalized spacial score (nSPS) is 21.5. The molecule has 0 spiro atoms. The second-order valence-electron chi connectivity index (χ2n) is 10.8. The van der Waals surface area contributed by atoms with E-state index in [1.165, 1.54) is 16.2 Å². The number of ether oxygens (including phenoxy) is 2. The first-order valence-corrected chi connectivity index (χ1v) is 13.1. The van der Waals surface area contributed by atoms with Gasteiger partial charge in [0.1, 0.15) is 17.0 Å². The Bertz CT molecular complexity index is 1510. The maximum Gasteiger partial charge on any atom is 0.350 e. The Morgan fingerprint density at radius 1 is 1.15 bits per heavy atom. The zero-order valence-corrected chi connectivity index (χ0v) is 23.0. The summed E-state index contributed by atoms with van der Waals surface area (Å²) >= 11 is 0. The van der Waals surface area contributed by atoms with E-state index >= 15 is 0 Å². The third kappa shape index (κ3) is 4.80. The van der Waals surface area contributed by atoms with Crippen molar-refractivity contribution in [3.05, 3.63) is 40.1 Å². The van der Waals surface area contributed by atoms with Gasteiger partial charge in [0.2, 0.25) is 5.79 Å². The molecule has 0 bridgehead atoms. The summed E-state index contributed by atoms with van der Waals surface area (Å²) in [5.41, 5.74) is 1.13. The molecule has 0 radical (unpaired) electrons. The van der Waals surface area contributed by atoms with Crippen LogP contribution in [-0.4, -0.2) is 61.4 Å². The summed E-state index contributed by atoms with van der Waals surface area (Å²) in [5, 5.41) is 9.27. The van der Waals surface area contributed by atoms with Crippen LogP contribution < -0.4 is 20.1 Å². The van der Waals surface area contributed by atoms with Gasteiger partial charge in [-0.2, -0.15) is 10.2 Å². The van der Waals surface area contributed by atoms with Crippen molar-refractivity contribution in [3.8, 4) is 17.6 Å². The molecule has 1 aromatic carbocycles. The number of piperazine rings is 1. The molecule has 1 saturated heterocycles. The number of nitrogens with zero attached hydrogens (tertiary/aromatic N) is 7. The van der Waals surface area contributed by atoms with Crippen LogP contribution in [0.3, 0.4) is 0 Å². The molecular formula is C27H33F2N7O3. The molecule has 3 aromatic rings. The van der Waals surface area contributed by atoms with Crippen LogP contribution >= 0.6 is 0 Å². The largest absolute Gasteiger partial charge is 0.449 e. The van der Waals surface area contributed by atoms with E-state index in [1.807, 2.05) is 43.9 Å². The molecule has 2 aliphatic rings. The maximum atomic E-state index is 13.5. The second kappa shape index (κ2) is 9.79. The minimum absolute atomic E-state index is 0.0564. The van der Waals surface area contributed by atoms with E-state index in [9.17, 15) is 18.8 Å². The van der Waals surface area contributed by atoms with Crippen LogP contribution in [0, 0.1) is 11.3 Å². The maximum absolute atomic E-state index is 13.5. The molecule has 1 fully saturated rings. The highest BCUT2D eigenvalue weighted by atomic mass is 19.3. The van der Waals surface area contributed by atoms with E-state index < -0.39 is 24.4 Å². The molecule has 2 aliphatic heterocycles. The van der Waals surface area contributed by atoms with Crippen LogP contribution in [0.2, 0.25) is 0 Å². The molecule has 0 amide bonds. The van der Waals surface area contributed by atoms with Crippen molar-refractivity contribution < 1.29 is 18.3 Å². The van der Waals surface area contributed by atoms with Crippen molar-refractivity contribution in [2.45, 2.75) is 77.9 Å². The molecule has 0 N–H and O–H groups in total. The van der Waals surface area contributed by atoms with Crippen LogP contribution in [0.4, 0.5) is 14.6 Å². The topological polar surface area (TPSA) is 101 Å². The van der Waals surface area contributed by atoms with E-state index in [-0.39, 0.29) is 36.0 Å². The lowest BCUT2D eigenvalue weighted by Gasteiger charge is -2.47. The Labute approximate surface area is 225 Å². The predicted molar refractivity (Wildman–Crippen MR) is 141 cm³/mol. The molecule has 0 saturated carbocycles. The predicted octanol–water partition coefficient (Wildman–Crippen LogP) is 3.63. The molecule has 10 nitrogen and oxygen atoms in total. The van der Waals surface area contributed by atoms with Crippen molar-refractivity contribution in [3.63, 3.8) is 0 Å². The van der Waals surface area contributed by atoms with Gasteiger partial charge in [0, 0.05) is 52.1 Å². The number of halogens is 2. The molecule has 12 heteroatoms. The van der Waals surface area contributed by atoms with Gasteiger partial charge in [-0.15, -0.1) is 0 Å². The van der Waals surface area contributed by atoms with E-state index in [0.717, 1.165) is 17.1 Å². The lowest BCUT2D eigenvalue weighted by atomic mass is 10.0. The van der Waals surface area contributed by atoms with Crippen molar-refractivity contribution in [1.29, 1.82) is 5.26 Å². The zero-order valence-electron chi connectivity index (χ0n) is 23.0. The lowest BCUT2D eigenvalue weighted by molar-refractivity contribution is -0.0431. The molecule has 1 unspecified atom stereocenters. The first kappa shape index (κ1) is 26.9. The summed E-state index contributed by atoms with van der Waals surface area (Å²) in [6, 6.07) is 8.09. The first-order valence-electron chi connectivity index (χ1n) is 13.1. The lowest BCUT2D eigenvalue weighted by Crippen LogP contribution is -2.57. The van der Waals surface area contributed by atoms with Gasteiger partial charge < -0.3 is 18.9 Å². The van der Waals surface area contributed by atoms with Crippen molar-refractivity contribution >= 4 is 17.0 Å². The average Bonchev–Trinajstić information content (AvgIpc) is 3.37. The number of nitriles is 1. The Morgan fingerprint density at radius 2 is 1.87 bits per heavy atom.